The fourth-order valence-corrected chi connectivity index (χ4v) is 3.03. The molecule has 1 atom stereocenters. The average molecular weight is 281 g/mol. The quantitative estimate of drug-likeness (QED) is 0.860. The van der Waals surface area contributed by atoms with Crippen LogP contribution in [0.1, 0.15) is 24.0 Å². The van der Waals surface area contributed by atoms with E-state index in [1.54, 1.807) is 12.7 Å². The van der Waals surface area contributed by atoms with E-state index in [0.717, 1.165) is 31.7 Å². The highest BCUT2D eigenvalue weighted by Crippen LogP contribution is 2.20. The van der Waals surface area contributed by atoms with Crippen LogP contribution >= 0.6 is 0 Å². The van der Waals surface area contributed by atoms with Crippen molar-refractivity contribution in [2.45, 2.75) is 25.9 Å². The molecular formula is C16H19N5. The molecule has 0 amide bonds. The number of rotatable bonds is 4. The Bertz CT molecular complexity index is 614. The maximum Gasteiger partial charge on any atom is 0.137 e. The summed E-state index contributed by atoms with van der Waals surface area (Å²) in [7, 11) is 0. The van der Waals surface area contributed by atoms with Gasteiger partial charge in [-0.15, -0.1) is 0 Å². The molecule has 0 bridgehead atoms. The van der Waals surface area contributed by atoms with Gasteiger partial charge in [-0.3, -0.25) is 9.58 Å². The number of nitrogens with zero attached hydrogens (tertiary/aromatic N) is 5. The summed E-state index contributed by atoms with van der Waals surface area (Å²) in [5.41, 5.74) is 1.96. The summed E-state index contributed by atoms with van der Waals surface area (Å²) in [6.45, 7) is 4.07. The number of hydrogen-bond donors (Lipinski definition) is 0. The number of hydrogen-bond acceptors (Lipinski definition) is 4. The van der Waals surface area contributed by atoms with E-state index in [1.165, 1.54) is 18.4 Å². The van der Waals surface area contributed by atoms with E-state index >= 15 is 0 Å². The van der Waals surface area contributed by atoms with Gasteiger partial charge in [0, 0.05) is 19.6 Å². The van der Waals surface area contributed by atoms with Gasteiger partial charge in [-0.25, -0.2) is 4.98 Å². The van der Waals surface area contributed by atoms with Crippen molar-refractivity contribution in [2.24, 2.45) is 5.92 Å². The molecule has 1 aromatic heterocycles. The van der Waals surface area contributed by atoms with Crippen LogP contribution in [-0.2, 0) is 13.1 Å². The van der Waals surface area contributed by atoms with Gasteiger partial charge in [0.05, 0.1) is 11.6 Å². The van der Waals surface area contributed by atoms with E-state index < -0.39 is 0 Å². The fourth-order valence-electron chi connectivity index (χ4n) is 3.03. The molecule has 1 aromatic carbocycles. The molecular weight excluding hydrogens is 262 g/mol. The van der Waals surface area contributed by atoms with Crippen molar-refractivity contribution in [3.8, 4) is 6.07 Å². The predicted octanol–water partition coefficient (Wildman–Crippen LogP) is 2.06. The molecule has 1 fully saturated rings. The Labute approximate surface area is 124 Å². The lowest BCUT2D eigenvalue weighted by Crippen LogP contribution is -2.36. The molecule has 21 heavy (non-hydrogen) atoms. The molecule has 0 radical (unpaired) electrons. The molecule has 108 valence electrons. The molecule has 0 spiro atoms. The molecule has 2 aromatic rings. The number of benzene rings is 1. The van der Waals surface area contributed by atoms with Gasteiger partial charge in [-0.1, -0.05) is 12.1 Å². The Balaban J connectivity index is 1.59. The summed E-state index contributed by atoms with van der Waals surface area (Å²) in [4.78, 5) is 6.47. The molecule has 0 saturated carbocycles. The molecule has 3 rings (SSSR count). The zero-order chi connectivity index (χ0) is 14.5. The monoisotopic (exact) mass is 281 g/mol. The largest absolute Gasteiger partial charge is 0.299 e. The van der Waals surface area contributed by atoms with Gasteiger partial charge in [0.15, 0.2) is 0 Å². The molecule has 2 heterocycles. The second-order valence-corrected chi connectivity index (χ2v) is 5.67. The lowest BCUT2D eigenvalue weighted by molar-refractivity contribution is 0.153. The fraction of sp³-hybridized carbons (Fsp3) is 0.438. The van der Waals surface area contributed by atoms with Crippen molar-refractivity contribution < 1.29 is 0 Å². The van der Waals surface area contributed by atoms with Crippen molar-refractivity contribution in [1.29, 1.82) is 5.26 Å². The standard InChI is InChI=1S/C16H19N5/c17-8-14-3-1-4-15(7-14)9-20-6-2-5-16(10-20)11-21-13-18-12-19-21/h1,3-4,7,12-13,16H,2,5-6,9-11H2. The average Bonchev–Trinajstić information content (AvgIpc) is 3.01. The van der Waals surface area contributed by atoms with Gasteiger partial charge < -0.3 is 0 Å². The Morgan fingerprint density at radius 2 is 2.33 bits per heavy atom. The topological polar surface area (TPSA) is 57.7 Å². The Hall–Kier alpha value is -2.19. The summed E-state index contributed by atoms with van der Waals surface area (Å²) in [5.74, 6) is 0.625. The minimum Gasteiger partial charge on any atom is -0.299 e. The lowest BCUT2D eigenvalue weighted by atomic mass is 9.97. The van der Waals surface area contributed by atoms with Crippen molar-refractivity contribution in [3.63, 3.8) is 0 Å². The van der Waals surface area contributed by atoms with Crippen LogP contribution in [-0.4, -0.2) is 32.8 Å². The summed E-state index contributed by atoms with van der Waals surface area (Å²) in [6, 6.07) is 10.1. The van der Waals surface area contributed by atoms with E-state index in [0.29, 0.717) is 5.92 Å². The van der Waals surface area contributed by atoms with Gasteiger partial charge in [0.1, 0.15) is 12.7 Å². The first-order valence-electron chi connectivity index (χ1n) is 7.37. The molecule has 1 unspecified atom stereocenters. The van der Waals surface area contributed by atoms with Crippen molar-refractivity contribution in [1.82, 2.24) is 19.7 Å². The molecule has 5 heteroatoms. The van der Waals surface area contributed by atoms with Gasteiger partial charge in [0.25, 0.3) is 0 Å². The van der Waals surface area contributed by atoms with Crippen LogP contribution < -0.4 is 0 Å². The highest BCUT2D eigenvalue weighted by molar-refractivity contribution is 5.32. The summed E-state index contributed by atoms with van der Waals surface area (Å²) in [5, 5.41) is 13.2. The Morgan fingerprint density at radius 1 is 1.38 bits per heavy atom. The van der Waals surface area contributed by atoms with E-state index in [9.17, 15) is 0 Å². The third-order valence-corrected chi connectivity index (χ3v) is 3.98. The molecule has 0 aliphatic carbocycles. The first kappa shape index (κ1) is 13.8. The highest BCUT2D eigenvalue weighted by atomic mass is 15.3. The summed E-state index contributed by atoms with van der Waals surface area (Å²) < 4.78 is 1.92. The van der Waals surface area contributed by atoms with E-state index in [-0.39, 0.29) is 0 Å². The predicted molar refractivity (Wildman–Crippen MR) is 79.2 cm³/mol. The minimum atomic E-state index is 0.625. The van der Waals surface area contributed by atoms with Gasteiger partial charge in [-0.05, 0) is 43.0 Å². The van der Waals surface area contributed by atoms with Crippen LogP contribution in [0.5, 0.6) is 0 Å². The van der Waals surface area contributed by atoms with Crippen LogP contribution in [0.3, 0.4) is 0 Å². The van der Waals surface area contributed by atoms with Crippen LogP contribution in [0.4, 0.5) is 0 Å². The van der Waals surface area contributed by atoms with E-state index in [1.807, 2.05) is 22.9 Å². The van der Waals surface area contributed by atoms with Crippen LogP contribution in [0.15, 0.2) is 36.9 Å². The number of aromatic nitrogens is 3. The Morgan fingerprint density at radius 3 is 3.14 bits per heavy atom. The number of piperidine rings is 1. The van der Waals surface area contributed by atoms with Crippen molar-refractivity contribution in [2.75, 3.05) is 13.1 Å². The number of likely N-dealkylation sites (tertiary alicyclic amines) is 1. The molecule has 0 N–H and O–H groups in total. The van der Waals surface area contributed by atoms with E-state index in [2.05, 4.69) is 27.1 Å². The van der Waals surface area contributed by atoms with Crippen LogP contribution in [0.25, 0.3) is 0 Å². The molecule has 1 aliphatic rings. The summed E-state index contributed by atoms with van der Waals surface area (Å²) >= 11 is 0. The normalized spacial score (nSPS) is 19.3. The zero-order valence-electron chi connectivity index (χ0n) is 12.0. The van der Waals surface area contributed by atoms with Gasteiger partial charge in [-0.2, -0.15) is 10.4 Å². The smallest absolute Gasteiger partial charge is 0.137 e. The van der Waals surface area contributed by atoms with Crippen molar-refractivity contribution in [3.05, 3.63) is 48.0 Å². The molecule has 1 saturated heterocycles. The lowest BCUT2D eigenvalue weighted by Gasteiger charge is -2.32. The zero-order valence-corrected chi connectivity index (χ0v) is 12.0. The maximum absolute atomic E-state index is 8.97. The maximum atomic E-state index is 8.97. The van der Waals surface area contributed by atoms with Gasteiger partial charge >= 0.3 is 0 Å². The minimum absolute atomic E-state index is 0.625. The molecule has 1 aliphatic heterocycles. The van der Waals surface area contributed by atoms with Crippen molar-refractivity contribution >= 4 is 0 Å². The van der Waals surface area contributed by atoms with Crippen LogP contribution in [0.2, 0.25) is 0 Å². The first-order valence-corrected chi connectivity index (χ1v) is 7.37. The first-order chi connectivity index (χ1) is 10.3. The summed E-state index contributed by atoms with van der Waals surface area (Å²) in [6.07, 6.45) is 5.84. The second-order valence-electron chi connectivity index (χ2n) is 5.67. The third-order valence-electron chi connectivity index (χ3n) is 3.98. The van der Waals surface area contributed by atoms with Gasteiger partial charge in [0.2, 0.25) is 0 Å². The molecule has 5 nitrogen and oxygen atoms in total. The Kier molecular flexibility index (Phi) is 4.27. The number of nitriles is 1. The third kappa shape index (κ3) is 3.67. The highest BCUT2D eigenvalue weighted by Gasteiger charge is 2.20. The van der Waals surface area contributed by atoms with E-state index in [4.69, 9.17) is 5.26 Å². The van der Waals surface area contributed by atoms with Crippen LogP contribution in [0, 0.1) is 17.2 Å². The second kappa shape index (κ2) is 6.51. The SMILES string of the molecule is N#Cc1cccc(CN2CCCC(Cn3cncn3)C2)c1.